The average molecular weight is 384 g/mol. The molecule has 0 atom stereocenters. The summed E-state index contributed by atoms with van der Waals surface area (Å²) in [5, 5.41) is 2.62. The van der Waals surface area contributed by atoms with Gasteiger partial charge in [0.15, 0.2) is 5.82 Å². The minimum absolute atomic E-state index is 0. The van der Waals surface area contributed by atoms with E-state index in [0.717, 1.165) is 18.6 Å². The molecule has 3 heterocycles. The number of pyridine rings is 3. The fourth-order valence-corrected chi connectivity index (χ4v) is 2.20. The van der Waals surface area contributed by atoms with Crippen LogP contribution in [0.3, 0.4) is 0 Å². The standard InChI is InChI=1S/C18H15FN6O3.H2/c1-27-16-4-2-3-15(24-16)25-18(26)14-6-13(9-22-17(14)23-10-20)28-12-5-11(19)7-21-8-12;/h2-10H,1H3,(H2,20,22,23)(H,24,25,26);1H. The third-order valence-electron chi connectivity index (χ3n) is 3.37. The van der Waals surface area contributed by atoms with Gasteiger partial charge in [0.25, 0.3) is 5.91 Å². The van der Waals surface area contributed by atoms with E-state index < -0.39 is 11.7 Å². The van der Waals surface area contributed by atoms with Crippen LogP contribution in [0.5, 0.6) is 17.4 Å². The zero-order valence-electron chi connectivity index (χ0n) is 14.7. The van der Waals surface area contributed by atoms with Crippen LogP contribution in [-0.2, 0) is 0 Å². The first-order valence-corrected chi connectivity index (χ1v) is 7.94. The van der Waals surface area contributed by atoms with Crippen molar-refractivity contribution in [1.29, 1.82) is 0 Å². The summed E-state index contributed by atoms with van der Waals surface area (Å²) >= 11 is 0. The fourth-order valence-electron chi connectivity index (χ4n) is 2.20. The molecular formula is C18H17FN6O3. The van der Waals surface area contributed by atoms with E-state index in [0.29, 0.717) is 5.88 Å². The highest BCUT2D eigenvalue weighted by molar-refractivity contribution is 6.07. The summed E-state index contributed by atoms with van der Waals surface area (Å²) in [7, 11) is 1.47. The molecule has 0 bridgehead atoms. The molecular weight excluding hydrogens is 367 g/mol. The summed E-state index contributed by atoms with van der Waals surface area (Å²) in [6, 6.07) is 7.46. The number of hydrogen-bond donors (Lipinski definition) is 2. The Morgan fingerprint density at radius 3 is 2.86 bits per heavy atom. The third kappa shape index (κ3) is 4.55. The Kier molecular flexibility index (Phi) is 5.70. The van der Waals surface area contributed by atoms with Crippen molar-refractivity contribution in [1.82, 2.24) is 15.0 Å². The van der Waals surface area contributed by atoms with Crippen LogP contribution in [-0.4, -0.2) is 34.3 Å². The quantitative estimate of drug-likeness (QED) is 0.494. The summed E-state index contributed by atoms with van der Waals surface area (Å²) in [5.74, 6) is -0.0783. The van der Waals surface area contributed by atoms with Crippen LogP contribution in [0.1, 0.15) is 11.8 Å². The highest BCUT2D eigenvalue weighted by Gasteiger charge is 2.16. The van der Waals surface area contributed by atoms with Crippen LogP contribution >= 0.6 is 0 Å². The van der Waals surface area contributed by atoms with Gasteiger partial charge in [-0.3, -0.25) is 9.78 Å². The van der Waals surface area contributed by atoms with Gasteiger partial charge in [-0.15, -0.1) is 0 Å². The Hall–Kier alpha value is -4.08. The molecule has 3 rings (SSSR count). The zero-order valence-corrected chi connectivity index (χ0v) is 14.7. The molecule has 1 amide bonds. The highest BCUT2D eigenvalue weighted by atomic mass is 19.1. The van der Waals surface area contributed by atoms with E-state index in [1.807, 2.05) is 0 Å². The second-order valence-electron chi connectivity index (χ2n) is 5.28. The molecule has 0 radical (unpaired) electrons. The lowest BCUT2D eigenvalue weighted by Gasteiger charge is -2.10. The third-order valence-corrected chi connectivity index (χ3v) is 3.37. The minimum Gasteiger partial charge on any atom is -0.481 e. The van der Waals surface area contributed by atoms with Crippen molar-refractivity contribution < 1.29 is 20.1 Å². The Labute approximate surface area is 160 Å². The maximum atomic E-state index is 13.3. The van der Waals surface area contributed by atoms with Gasteiger partial charge < -0.3 is 20.5 Å². The van der Waals surface area contributed by atoms with Crippen molar-refractivity contribution in [3.63, 3.8) is 0 Å². The van der Waals surface area contributed by atoms with Gasteiger partial charge in [-0.1, -0.05) is 6.07 Å². The molecule has 28 heavy (non-hydrogen) atoms. The van der Waals surface area contributed by atoms with Gasteiger partial charge in [-0.05, 0) is 12.1 Å². The molecule has 0 fully saturated rings. The van der Waals surface area contributed by atoms with Crippen LogP contribution in [0, 0.1) is 5.82 Å². The molecule has 0 spiro atoms. The minimum atomic E-state index is -0.558. The number of anilines is 1. The maximum absolute atomic E-state index is 13.3. The molecule has 9 nitrogen and oxygen atoms in total. The van der Waals surface area contributed by atoms with E-state index in [-0.39, 0.29) is 30.1 Å². The smallest absolute Gasteiger partial charge is 0.260 e. The number of carbonyl (C=O) groups excluding carboxylic acids is 1. The number of nitrogens with one attached hydrogen (secondary N) is 1. The number of nitrogens with zero attached hydrogens (tertiary/aromatic N) is 4. The van der Waals surface area contributed by atoms with Crippen molar-refractivity contribution in [2.24, 2.45) is 10.7 Å². The molecule has 3 N–H and O–H groups in total. The molecule has 0 aliphatic carbocycles. The molecule has 0 aliphatic rings. The molecule has 0 unspecified atom stereocenters. The SMILES string of the molecule is COc1cccc(NC(=O)c2cc(Oc3cncc(F)c3)cnc2/N=C\N)n1.[HH]. The van der Waals surface area contributed by atoms with Crippen LogP contribution in [0.2, 0.25) is 0 Å². The summed E-state index contributed by atoms with van der Waals surface area (Å²) in [6.07, 6.45) is 4.72. The number of carbonyl (C=O) groups is 1. The van der Waals surface area contributed by atoms with Gasteiger partial charge in [0.1, 0.15) is 23.1 Å². The molecule has 0 saturated carbocycles. The van der Waals surface area contributed by atoms with Gasteiger partial charge in [0.05, 0.1) is 37.6 Å². The molecule has 0 aliphatic heterocycles. The Morgan fingerprint density at radius 1 is 1.29 bits per heavy atom. The van der Waals surface area contributed by atoms with Gasteiger partial charge in [0, 0.05) is 13.6 Å². The second kappa shape index (κ2) is 8.54. The second-order valence-corrected chi connectivity index (χ2v) is 5.28. The lowest BCUT2D eigenvalue weighted by atomic mass is 10.2. The first-order chi connectivity index (χ1) is 13.6. The fraction of sp³-hybridized carbons (Fsp3) is 0.0556. The van der Waals surface area contributed by atoms with Crippen molar-refractivity contribution in [2.45, 2.75) is 0 Å². The van der Waals surface area contributed by atoms with Crippen molar-refractivity contribution in [3.05, 3.63) is 60.3 Å². The molecule has 0 aromatic carbocycles. The van der Waals surface area contributed by atoms with Crippen molar-refractivity contribution in [3.8, 4) is 17.4 Å². The van der Waals surface area contributed by atoms with E-state index in [4.69, 9.17) is 15.2 Å². The predicted octanol–water partition coefficient (Wildman–Crippen LogP) is 2.93. The summed E-state index contributed by atoms with van der Waals surface area (Å²) in [5.41, 5.74) is 5.40. The number of hydrogen-bond acceptors (Lipinski definition) is 7. The number of amides is 1. The van der Waals surface area contributed by atoms with E-state index in [1.165, 1.54) is 25.6 Å². The van der Waals surface area contributed by atoms with E-state index >= 15 is 0 Å². The summed E-state index contributed by atoms with van der Waals surface area (Å²) in [4.78, 5) is 28.4. The topological polar surface area (TPSA) is 125 Å². The van der Waals surface area contributed by atoms with Crippen LogP contribution in [0.25, 0.3) is 0 Å². The zero-order chi connectivity index (χ0) is 19.9. The number of aliphatic imine (C=N–C) groups is 1. The first-order valence-electron chi connectivity index (χ1n) is 7.94. The summed E-state index contributed by atoms with van der Waals surface area (Å²) in [6.45, 7) is 0. The highest BCUT2D eigenvalue weighted by Crippen LogP contribution is 2.26. The van der Waals surface area contributed by atoms with E-state index in [1.54, 1.807) is 18.2 Å². The number of methoxy groups -OCH3 is 1. The molecule has 3 aromatic heterocycles. The number of rotatable bonds is 6. The summed E-state index contributed by atoms with van der Waals surface area (Å²) < 4.78 is 23.8. The number of aromatic nitrogens is 3. The average Bonchev–Trinajstić information content (AvgIpc) is 2.69. The largest absolute Gasteiger partial charge is 0.481 e. The van der Waals surface area contributed by atoms with Gasteiger partial charge in [0.2, 0.25) is 5.88 Å². The van der Waals surface area contributed by atoms with Gasteiger partial charge in [-0.2, -0.15) is 4.98 Å². The van der Waals surface area contributed by atoms with E-state index in [2.05, 4.69) is 25.3 Å². The van der Waals surface area contributed by atoms with Crippen LogP contribution in [0.4, 0.5) is 16.0 Å². The first kappa shape index (κ1) is 18.7. The Balaban J connectivity index is 0.00000300. The van der Waals surface area contributed by atoms with Crippen LogP contribution in [0.15, 0.2) is 53.9 Å². The van der Waals surface area contributed by atoms with Crippen molar-refractivity contribution >= 4 is 23.9 Å². The normalized spacial score (nSPS) is 10.6. The Morgan fingerprint density at radius 2 is 2.11 bits per heavy atom. The molecule has 3 aromatic rings. The van der Waals surface area contributed by atoms with Crippen molar-refractivity contribution in [2.75, 3.05) is 12.4 Å². The number of halogens is 1. The van der Waals surface area contributed by atoms with Gasteiger partial charge in [-0.25, -0.2) is 14.4 Å². The Bertz CT molecular complexity index is 1030. The van der Waals surface area contributed by atoms with Gasteiger partial charge >= 0.3 is 0 Å². The lowest BCUT2D eigenvalue weighted by Crippen LogP contribution is -2.14. The number of ether oxygens (including phenoxy) is 2. The number of nitrogens with two attached hydrogens (primary N) is 1. The molecule has 144 valence electrons. The van der Waals surface area contributed by atoms with Crippen LogP contribution < -0.4 is 20.5 Å². The monoisotopic (exact) mass is 384 g/mol. The predicted molar refractivity (Wildman–Crippen MR) is 102 cm³/mol. The van der Waals surface area contributed by atoms with E-state index in [9.17, 15) is 9.18 Å². The molecule has 10 heteroatoms. The maximum Gasteiger partial charge on any atom is 0.260 e. The molecule has 0 saturated heterocycles. The lowest BCUT2D eigenvalue weighted by molar-refractivity contribution is 0.102.